The predicted octanol–water partition coefficient (Wildman–Crippen LogP) is 3.38. The number of hydrogen-bond acceptors (Lipinski definition) is 5. The number of para-hydroxylation sites is 1. The van der Waals surface area contributed by atoms with Gasteiger partial charge in [-0.3, -0.25) is 4.79 Å². The van der Waals surface area contributed by atoms with E-state index in [-0.39, 0.29) is 29.8 Å². The maximum Gasteiger partial charge on any atom is 0.240 e. The fraction of sp³-hybridized carbons (Fsp3) is 0.286. The molecule has 0 spiro atoms. The third kappa shape index (κ3) is 5.16. The molecule has 7 nitrogen and oxygen atoms in total. The zero-order valence-electron chi connectivity index (χ0n) is 16.3. The molecule has 3 aromatic rings. The quantitative estimate of drug-likeness (QED) is 0.557. The van der Waals surface area contributed by atoms with Gasteiger partial charge < -0.3 is 14.5 Å². The Labute approximate surface area is 170 Å². The Morgan fingerprint density at radius 1 is 1.14 bits per heavy atom. The van der Waals surface area contributed by atoms with E-state index in [9.17, 15) is 13.2 Å². The monoisotopic (exact) mass is 416 g/mol. The van der Waals surface area contributed by atoms with Gasteiger partial charge >= 0.3 is 0 Å². The summed E-state index contributed by atoms with van der Waals surface area (Å²) in [7, 11) is -3.63. The standard InChI is InChI=1S/C21H24N2O5S/c1-3-27-18-11-7-8-16-14-19(28-21(16)18)15(2)23-20(24)12-13-22-29(25,26)17-9-5-4-6-10-17/h4-11,14-15,22H,3,12-13H2,1-2H3,(H,23,24). The topological polar surface area (TPSA) is 97.6 Å². The van der Waals surface area contributed by atoms with Crippen LogP contribution in [0.2, 0.25) is 0 Å². The molecule has 0 bridgehead atoms. The third-order valence-corrected chi connectivity index (χ3v) is 5.81. The maximum absolute atomic E-state index is 12.2. The number of carbonyl (C=O) groups is 1. The van der Waals surface area contributed by atoms with Crippen molar-refractivity contribution < 1.29 is 22.4 Å². The number of sulfonamides is 1. The van der Waals surface area contributed by atoms with E-state index in [1.54, 1.807) is 18.2 Å². The van der Waals surface area contributed by atoms with E-state index in [1.807, 2.05) is 38.1 Å². The summed E-state index contributed by atoms with van der Waals surface area (Å²) in [6.07, 6.45) is 0.0147. The van der Waals surface area contributed by atoms with Crippen molar-refractivity contribution in [1.82, 2.24) is 10.0 Å². The number of nitrogens with one attached hydrogen (secondary N) is 2. The first-order valence-corrected chi connectivity index (χ1v) is 10.9. The molecule has 2 aromatic carbocycles. The fourth-order valence-corrected chi connectivity index (χ4v) is 3.96. The molecule has 3 rings (SSSR count). The van der Waals surface area contributed by atoms with Gasteiger partial charge in [-0.2, -0.15) is 0 Å². The second kappa shape index (κ2) is 9.11. The zero-order valence-corrected chi connectivity index (χ0v) is 17.2. The highest BCUT2D eigenvalue weighted by molar-refractivity contribution is 7.89. The Kier molecular flexibility index (Phi) is 6.56. The van der Waals surface area contributed by atoms with Crippen LogP contribution in [0.25, 0.3) is 11.0 Å². The molecule has 1 heterocycles. The molecule has 0 saturated heterocycles. The molecule has 1 atom stereocenters. The van der Waals surface area contributed by atoms with Crippen molar-refractivity contribution in [2.45, 2.75) is 31.2 Å². The molecule has 0 saturated carbocycles. The molecule has 1 unspecified atom stereocenters. The zero-order chi connectivity index (χ0) is 20.9. The highest BCUT2D eigenvalue weighted by atomic mass is 32.2. The van der Waals surface area contributed by atoms with Gasteiger partial charge in [0, 0.05) is 18.4 Å². The van der Waals surface area contributed by atoms with Gasteiger partial charge in [0.2, 0.25) is 15.9 Å². The van der Waals surface area contributed by atoms with Gasteiger partial charge in [-0.1, -0.05) is 30.3 Å². The van der Waals surface area contributed by atoms with E-state index in [2.05, 4.69) is 10.0 Å². The van der Waals surface area contributed by atoms with Crippen molar-refractivity contribution >= 4 is 26.9 Å². The molecule has 0 aliphatic carbocycles. The smallest absolute Gasteiger partial charge is 0.240 e. The van der Waals surface area contributed by atoms with Crippen molar-refractivity contribution in [2.75, 3.05) is 13.2 Å². The molecule has 29 heavy (non-hydrogen) atoms. The van der Waals surface area contributed by atoms with E-state index in [0.717, 1.165) is 5.39 Å². The molecular weight excluding hydrogens is 392 g/mol. The fourth-order valence-electron chi connectivity index (χ4n) is 2.91. The average molecular weight is 416 g/mol. The SMILES string of the molecule is CCOc1cccc2cc(C(C)NC(=O)CCNS(=O)(=O)c3ccccc3)oc12. The number of hydrogen-bond donors (Lipinski definition) is 2. The van der Waals surface area contributed by atoms with E-state index < -0.39 is 10.0 Å². The summed E-state index contributed by atoms with van der Waals surface area (Å²) in [4.78, 5) is 12.4. The summed E-state index contributed by atoms with van der Waals surface area (Å²) in [5, 5.41) is 3.72. The first-order valence-electron chi connectivity index (χ1n) is 9.40. The van der Waals surface area contributed by atoms with Gasteiger partial charge in [0.05, 0.1) is 17.5 Å². The Bertz CT molecular complexity index is 1080. The summed E-state index contributed by atoms with van der Waals surface area (Å²) in [5.74, 6) is 0.981. The molecule has 1 aromatic heterocycles. The third-order valence-electron chi connectivity index (χ3n) is 4.33. The lowest BCUT2D eigenvalue weighted by Gasteiger charge is -2.12. The van der Waals surface area contributed by atoms with Crippen LogP contribution in [-0.2, 0) is 14.8 Å². The van der Waals surface area contributed by atoms with Crippen LogP contribution in [0.3, 0.4) is 0 Å². The van der Waals surface area contributed by atoms with Crippen LogP contribution in [0.5, 0.6) is 5.75 Å². The molecule has 1 amide bonds. The molecule has 2 N–H and O–H groups in total. The highest BCUT2D eigenvalue weighted by Gasteiger charge is 2.17. The minimum atomic E-state index is -3.63. The number of carbonyl (C=O) groups excluding carboxylic acids is 1. The van der Waals surface area contributed by atoms with Crippen LogP contribution in [0.15, 0.2) is 63.9 Å². The minimum absolute atomic E-state index is 0.00436. The predicted molar refractivity (Wildman–Crippen MR) is 110 cm³/mol. The summed E-state index contributed by atoms with van der Waals surface area (Å²) >= 11 is 0. The van der Waals surface area contributed by atoms with Crippen LogP contribution >= 0.6 is 0 Å². The van der Waals surface area contributed by atoms with Gasteiger partial charge in [-0.25, -0.2) is 13.1 Å². The number of amides is 1. The van der Waals surface area contributed by atoms with E-state index in [4.69, 9.17) is 9.15 Å². The lowest BCUT2D eigenvalue weighted by Crippen LogP contribution is -2.32. The average Bonchev–Trinajstić information content (AvgIpc) is 3.14. The molecular formula is C21H24N2O5S. The molecule has 0 aliphatic heterocycles. The number of fused-ring (bicyclic) bond motifs is 1. The number of furan rings is 1. The van der Waals surface area contributed by atoms with Crippen LogP contribution in [0.1, 0.15) is 32.1 Å². The van der Waals surface area contributed by atoms with Gasteiger partial charge in [-0.05, 0) is 38.1 Å². The Balaban J connectivity index is 1.57. The molecule has 0 fully saturated rings. The van der Waals surface area contributed by atoms with Gasteiger partial charge in [0.1, 0.15) is 5.76 Å². The Hall–Kier alpha value is -2.84. The summed E-state index contributed by atoms with van der Waals surface area (Å²) in [6.45, 7) is 4.24. The van der Waals surface area contributed by atoms with E-state index in [0.29, 0.717) is 23.7 Å². The molecule has 154 valence electrons. The number of rotatable bonds is 9. The van der Waals surface area contributed by atoms with Gasteiger partial charge in [0.25, 0.3) is 0 Å². The lowest BCUT2D eigenvalue weighted by molar-refractivity contribution is -0.121. The van der Waals surface area contributed by atoms with Crippen LogP contribution in [0.4, 0.5) is 0 Å². The van der Waals surface area contributed by atoms with Crippen molar-refractivity contribution in [3.05, 3.63) is 60.4 Å². The van der Waals surface area contributed by atoms with Crippen LogP contribution in [0, 0.1) is 0 Å². The second-order valence-electron chi connectivity index (χ2n) is 6.51. The normalized spacial score (nSPS) is 12.6. The van der Waals surface area contributed by atoms with E-state index >= 15 is 0 Å². The van der Waals surface area contributed by atoms with Gasteiger partial charge in [-0.15, -0.1) is 0 Å². The minimum Gasteiger partial charge on any atom is -0.490 e. The van der Waals surface area contributed by atoms with Crippen LogP contribution < -0.4 is 14.8 Å². The highest BCUT2D eigenvalue weighted by Crippen LogP contribution is 2.31. The van der Waals surface area contributed by atoms with Crippen molar-refractivity contribution in [3.63, 3.8) is 0 Å². The number of benzene rings is 2. The van der Waals surface area contributed by atoms with Crippen molar-refractivity contribution in [2.24, 2.45) is 0 Å². The first-order chi connectivity index (χ1) is 13.9. The second-order valence-corrected chi connectivity index (χ2v) is 8.27. The van der Waals surface area contributed by atoms with E-state index in [1.165, 1.54) is 12.1 Å². The van der Waals surface area contributed by atoms with Gasteiger partial charge in [0.15, 0.2) is 11.3 Å². The molecule has 8 heteroatoms. The number of ether oxygens (including phenoxy) is 1. The Morgan fingerprint density at radius 2 is 1.90 bits per heavy atom. The Morgan fingerprint density at radius 3 is 2.62 bits per heavy atom. The van der Waals surface area contributed by atoms with Crippen LogP contribution in [-0.4, -0.2) is 27.5 Å². The molecule has 0 radical (unpaired) electrons. The summed E-state index contributed by atoms with van der Waals surface area (Å²) in [6, 6.07) is 15.2. The van der Waals surface area contributed by atoms with Crippen molar-refractivity contribution in [1.29, 1.82) is 0 Å². The lowest BCUT2D eigenvalue weighted by atomic mass is 10.2. The maximum atomic E-state index is 12.2. The summed E-state index contributed by atoms with van der Waals surface area (Å²) in [5.41, 5.74) is 0.640. The molecule has 0 aliphatic rings. The largest absolute Gasteiger partial charge is 0.490 e. The van der Waals surface area contributed by atoms with Crippen molar-refractivity contribution in [3.8, 4) is 5.75 Å². The summed E-state index contributed by atoms with van der Waals surface area (Å²) < 4.78 is 38.2. The first kappa shape index (κ1) is 20.9.